The van der Waals surface area contributed by atoms with Crippen LogP contribution < -0.4 is 9.86 Å². The van der Waals surface area contributed by atoms with Gasteiger partial charge in [-0.1, -0.05) is 18.2 Å². The third-order valence-electron chi connectivity index (χ3n) is 3.09. The molecular formula is C15H18N2O4S3. The van der Waals surface area contributed by atoms with E-state index in [-0.39, 0.29) is 9.79 Å². The van der Waals surface area contributed by atoms with Crippen molar-refractivity contribution in [1.29, 1.82) is 0 Å². The highest BCUT2D eigenvalue weighted by molar-refractivity contribution is 7.99. The highest BCUT2D eigenvalue weighted by Gasteiger charge is 2.15. The second kappa shape index (κ2) is 8.13. The zero-order valence-electron chi connectivity index (χ0n) is 12.8. The van der Waals surface area contributed by atoms with Crippen LogP contribution in [0, 0.1) is 0 Å². The lowest BCUT2D eigenvalue weighted by molar-refractivity contribution is 0.580. The van der Waals surface area contributed by atoms with Gasteiger partial charge < -0.3 is 0 Å². The molecule has 130 valence electrons. The minimum atomic E-state index is -3.83. The summed E-state index contributed by atoms with van der Waals surface area (Å²) in [5.41, 5.74) is 0. The van der Waals surface area contributed by atoms with E-state index < -0.39 is 20.0 Å². The first kappa shape index (κ1) is 18.9. The minimum Gasteiger partial charge on any atom is -0.225 e. The Kier molecular flexibility index (Phi) is 6.41. The molecule has 2 rings (SSSR count). The van der Waals surface area contributed by atoms with Crippen LogP contribution in [0.25, 0.3) is 0 Å². The zero-order chi connectivity index (χ0) is 17.6. The third kappa shape index (κ3) is 5.60. The summed E-state index contributed by atoms with van der Waals surface area (Å²) in [6.07, 6.45) is 0.675. The van der Waals surface area contributed by atoms with Crippen LogP contribution in [0.1, 0.15) is 6.42 Å². The molecule has 6 nitrogen and oxygen atoms in total. The van der Waals surface area contributed by atoms with Gasteiger partial charge in [-0.2, -0.15) is 0 Å². The van der Waals surface area contributed by atoms with Gasteiger partial charge in [-0.15, -0.1) is 11.8 Å². The first-order chi connectivity index (χ1) is 11.3. The van der Waals surface area contributed by atoms with E-state index in [9.17, 15) is 16.8 Å². The van der Waals surface area contributed by atoms with E-state index in [1.165, 1.54) is 24.3 Å². The lowest BCUT2D eigenvalue weighted by atomic mass is 10.4. The summed E-state index contributed by atoms with van der Waals surface area (Å²) in [6, 6.07) is 14.7. The summed E-state index contributed by atoms with van der Waals surface area (Å²) >= 11 is 1.66. The molecule has 0 aliphatic heterocycles. The molecule has 0 bridgehead atoms. The van der Waals surface area contributed by atoms with Crippen LogP contribution in [-0.2, 0) is 20.0 Å². The molecule has 9 heteroatoms. The molecule has 0 aliphatic rings. The van der Waals surface area contributed by atoms with E-state index in [0.717, 1.165) is 10.6 Å². The van der Waals surface area contributed by atoms with Gasteiger partial charge in [0.1, 0.15) is 0 Å². The summed E-state index contributed by atoms with van der Waals surface area (Å²) in [5.74, 6) is 0.789. The van der Waals surface area contributed by atoms with Crippen molar-refractivity contribution in [3.8, 4) is 0 Å². The van der Waals surface area contributed by atoms with Crippen molar-refractivity contribution >= 4 is 31.8 Å². The molecule has 24 heavy (non-hydrogen) atoms. The molecule has 0 spiro atoms. The summed E-state index contributed by atoms with van der Waals surface area (Å²) < 4.78 is 49.1. The summed E-state index contributed by atoms with van der Waals surface area (Å²) in [4.78, 5) is 1.02. The number of nitrogens with one attached hydrogen (secondary N) is 1. The van der Waals surface area contributed by atoms with Crippen LogP contribution in [0.4, 0.5) is 0 Å². The first-order valence-corrected chi connectivity index (χ1v) is 11.1. The van der Waals surface area contributed by atoms with Crippen LogP contribution in [0.5, 0.6) is 0 Å². The standard InChI is InChI=1S/C15H18N2O4S3/c16-23(18,19)14-7-9-15(10-8-14)24(20,21)17-11-4-12-22-13-5-2-1-3-6-13/h1-3,5-10,17H,4,11-12H2,(H2,16,18,19). The maximum atomic E-state index is 12.1. The van der Waals surface area contributed by atoms with Crippen LogP contribution >= 0.6 is 11.8 Å². The van der Waals surface area contributed by atoms with Crippen molar-refractivity contribution in [2.24, 2.45) is 5.14 Å². The normalized spacial score (nSPS) is 12.2. The Morgan fingerprint density at radius 1 is 0.875 bits per heavy atom. The van der Waals surface area contributed by atoms with E-state index >= 15 is 0 Å². The average Bonchev–Trinajstić information content (AvgIpc) is 2.55. The number of hydrogen-bond acceptors (Lipinski definition) is 5. The van der Waals surface area contributed by atoms with Crippen LogP contribution in [0.15, 0.2) is 69.3 Å². The predicted molar refractivity (Wildman–Crippen MR) is 94.8 cm³/mol. The van der Waals surface area contributed by atoms with Gasteiger partial charge in [0.25, 0.3) is 0 Å². The number of hydrogen-bond donors (Lipinski definition) is 2. The fourth-order valence-electron chi connectivity index (χ4n) is 1.88. The Hall–Kier alpha value is -1.39. The molecule has 0 aromatic heterocycles. The monoisotopic (exact) mass is 386 g/mol. The lowest BCUT2D eigenvalue weighted by Crippen LogP contribution is -2.25. The molecule has 0 fully saturated rings. The second-order valence-electron chi connectivity index (χ2n) is 4.93. The molecule has 0 atom stereocenters. The predicted octanol–water partition coefficient (Wildman–Crippen LogP) is 1.79. The van der Waals surface area contributed by atoms with Crippen molar-refractivity contribution in [3.63, 3.8) is 0 Å². The molecule has 2 aromatic rings. The van der Waals surface area contributed by atoms with E-state index in [4.69, 9.17) is 5.14 Å². The van der Waals surface area contributed by atoms with Gasteiger partial charge in [0.2, 0.25) is 20.0 Å². The Morgan fingerprint density at radius 2 is 1.46 bits per heavy atom. The third-order valence-corrected chi connectivity index (χ3v) is 6.59. The smallest absolute Gasteiger partial charge is 0.225 e. The summed E-state index contributed by atoms with van der Waals surface area (Å²) in [6.45, 7) is 0.305. The van der Waals surface area contributed by atoms with Crippen LogP contribution in [0.3, 0.4) is 0 Å². The molecule has 0 saturated heterocycles. The number of nitrogens with two attached hydrogens (primary N) is 1. The second-order valence-corrected chi connectivity index (χ2v) is 9.43. The van der Waals surface area contributed by atoms with Gasteiger partial charge in [0.15, 0.2) is 0 Å². The summed E-state index contributed by atoms with van der Waals surface area (Å²) in [7, 11) is -7.50. The Bertz CT molecular complexity index is 865. The highest BCUT2D eigenvalue weighted by atomic mass is 32.2. The maximum absolute atomic E-state index is 12.1. The number of primary sulfonamides is 1. The molecule has 0 saturated carbocycles. The number of sulfonamides is 2. The van der Waals surface area contributed by atoms with Crippen molar-refractivity contribution in [3.05, 3.63) is 54.6 Å². The van der Waals surface area contributed by atoms with E-state index in [0.29, 0.717) is 13.0 Å². The number of rotatable bonds is 8. The molecule has 2 aromatic carbocycles. The summed E-state index contributed by atoms with van der Waals surface area (Å²) in [5, 5.41) is 4.98. The van der Waals surface area contributed by atoms with Crippen molar-refractivity contribution in [2.75, 3.05) is 12.3 Å². The quantitative estimate of drug-likeness (QED) is 0.531. The zero-order valence-corrected chi connectivity index (χ0v) is 15.2. The molecule has 0 radical (unpaired) electrons. The Morgan fingerprint density at radius 3 is 2.04 bits per heavy atom. The van der Waals surface area contributed by atoms with Gasteiger partial charge >= 0.3 is 0 Å². The van der Waals surface area contributed by atoms with Crippen molar-refractivity contribution in [1.82, 2.24) is 4.72 Å². The van der Waals surface area contributed by atoms with E-state index in [2.05, 4.69) is 4.72 Å². The van der Waals surface area contributed by atoms with Gasteiger partial charge in [-0.3, -0.25) is 0 Å². The van der Waals surface area contributed by atoms with Gasteiger partial charge in [-0.25, -0.2) is 26.7 Å². The molecule has 0 aliphatic carbocycles. The minimum absolute atomic E-state index is 0.00520. The van der Waals surface area contributed by atoms with Gasteiger partial charge in [0, 0.05) is 11.4 Å². The van der Waals surface area contributed by atoms with Crippen LogP contribution in [-0.4, -0.2) is 29.1 Å². The van der Waals surface area contributed by atoms with Crippen molar-refractivity contribution < 1.29 is 16.8 Å². The lowest BCUT2D eigenvalue weighted by Gasteiger charge is -2.07. The molecule has 0 amide bonds. The molecular weight excluding hydrogens is 368 g/mol. The average molecular weight is 387 g/mol. The SMILES string of the molecule is NS(=O)(=O)c1ccc(S(=O)(=O)NCCCSc2ccccc2)cc1. The Balaban J connectivity index is 1.85. The first-order valence-electron chi connectivity index (χ1n) is 7.09. The number of thioether (sulfide) groups is 1. The topological polar surface area (TPSA) is 106 Å². The largest absolute Gasteiger partial charge is 0.240 e. The van der Waals surface area contributed by atoms with Crippen LogP contribution in [0.2, 0.25) is 0 Å². The highest BCUT2D eigenvalue weighted by Crippen LogP contribution is 2.18. The fraction of sp³-hybridized carbons (Fsp3) is 0.200. The van der Waals surface area contributed by atoms with E-state index in [1.807, 2.05) is 30.3 Å². The fourth-order valence-corrected chi connectivity index (χ4v) is 4.34. The molecule has 0 heterocycles. The van der Waals surface area contributed by atoms with E-state index in [1.54, 1.807) is 11.8 Å². The molecule has 3 N–H and O–H groups in total. The van der Waals surface area contributed by atoms with Crippen molar-refractivity contribution in [2.45, 2.75) is 21.1 Å². The maximum Gasteiger partial charge on any atom is 0.240 e. The molecule has 0 unspecified atom stereocenters. The Labute approximate surface area is 146 Å². The number of benzene rings is 2. The van der Waals surface area contributed by atoms with Gasteiger partial charge in [-0.05, 0) is 48.6 Å². The van der Waals surface area contributed by atoms with Gasteiger partial charge in [0.05, 0.1) is 9.79 Å².